The maximum absolute atomic E-state index is 12.1. The SMILES string of the molecule is CCc1cc(NC(=O)c2ccc(CNC(C)=O)cc2)n[nH]1. The van der Waals surface area contributed by atoms with E-state index in [2.05, 4.69) is 20.8 Å². The van der Waals surface area contributed by atoms with Crippen LogP contribution in [0.1, 0.15) is 35.5 Å². The number of hydrogen-bond acceptors (Lipinski definition) is 3. The number of carbonyl (C=O) groups excluding carboxylic acids is 2. The van der Waals surface area contributed by atoms with Gasteiger partial charge in [-0.1, -0.05) is 19.1 Å². The molecule has 2 rings (SSSR count). The molecule has 0 aliphatic heterocycles. The fraction of sp³-hybridized carbons (Fsp3) is 0.267. The molecule has 0 unspecified atom stereocenters. The molecule has 6 nitrogen and oxygen atoms in total. The summed E-state index contributed by atoms with van der Waals surface area (Å²) >= 11 is 0. The average molecular weight is 286 g/mol. The second kappa shape index (κ2) is 6.69. The fourth-order valence-electron chi connectivity index (χ4n) is 1.80. The van der Waals surface area contributed by atoms with E-state index in [0.717, 1.165) is 17.7 Å². The lowest BCUT2D eigenvalue weighted by atomic mass is 10.1. The molecular weight excluding hydrogens is 268 g/mol. The molecule has 6 heteroatoms. The first-order valence-corrected chi connectivity index (χ1v) is 6.77. The molecule has 2 aromatic rings. The number of amides is 2. The fourth-order valence-corrected chi connectivity index (χ4v) is 1.80. The van der Waals surface area contributed by atoms with E-state index in [1.807, 2.05) is 25.1 Å². The van der Waals surface area contributed by atoms with Gasteiger partial charge in [0, 0.05) is 30.8 Å². The van der Waals surface area contributed by atoms with Crippen molar-refractivity contribution in [2.24, 2.45) is 0 Å². The van der Waals surface area contributed by atoms with E-state index in [9.17, 15) is 9.59 Å². The summed E-state index contributed by atoms with van der Waals surface area (Å²) in [6, 6.07) is 8.88. The van der Waals surface area contributed by atoms with Gasteiger partial charge in [0.1, 0.15) is 0 Å². The Bertz CT molecular complexity index is 631. The topological polar surface area (TPSA) is 86.9 Å². The van der Waals surface area contributed by atoms with Crippen LogP contribution in [0.2, 0.25) is 0 Å². The van der Waals surface area contributed by atoms with Crippen molar-refractivity contribution in [3.8, 4) is 0 Å². The summed E-state index contributed by atoms with van der Waals surface area (Å²) in [5.74, 6) is 0.219. The van der Waals surface area contributed by atoms with Crippen LogP contribution in [0, 0.1) is 0 Å². The first-order chi connectivity index (χ1) is 10.1. The second-order valence-electron chi connectivity index (χ2n) is 4.69. The summed E-state index contributed by atoms with van der Waals surface area (Å²) in [5.41, 5.74) is 2.45. The van der Waals surface area contributed by atoms with Crippen LogP contribution in [-0.2, 0) is 17.8 Å². The molecule has 0 bridgehead atoms. The van der Waals surface area contributed by atoms with Crippen molar-refractivity contribution < 1.29 is 9.59 Å². The van der Waals surface area contributed by atoms with E-state index >= 15 is 0 Å². The van der Waals surface area contributed by atoms with E-state index in [0.29, 0.717) is 17.9 Å². The Kier molecular flexibility index (Phi) is 4.71. The molecule has 0 fully saturated rings. The van der Waals surface area contributed by atoms with Crippen LogP contribution in [0.4, 0.5) is 5.82 Å². The molecule has 0 radical (unpaired) electrons. The van der Waals surface area contributed by atoms with E-state index in [1.54, 1.807) is 12.1 Å². The van der Waals surface area contributed by atoms with E-state index in [1.165, 1.54) is 6.92 Å². The summed E-state index contributed by atoms with van der Waals surface area (Å²) in [5, 5.41) is 12.3. The number of rotatable bonds is 5. The molecule has 2 amide bonds. The number of aromatic amines is 1. The maximum atomic E-state index is 12.1. The predicted molar refractivity (Wildman–Crippen MR) is 79.9 cm³/mol. The highest BCUT2D eigenvalue weighted by Gasteiger charge is 2.08. The molecule has 0 saturated carbocycles. The zero-order valence-electron chi connectivity index (χ0n) is 12.1. The molecule has 0 aliphatic carbocycles. The van der Waals surface area contributed by atoms with E-state index < -0.39 is 0 Å². The molecule has 110 valence electrons. The molecule has 0 spiro atoms. The Morgan fingerprint density at radius 1 is 1.24 bits per heavy atom. The summed E-state index contributed by atoms with van der Waals surface area (Å²) in [6.45, 7) is 3.93. The summed E-state index contributed by atoms with van der Waals surface area (Å²) < 4.78 is 0. The Hall–Kier alpha value is -2.63. The number of anilines is 1. The van der Waals surface area contributed by atoms with Gasteiger partial charge in [0.05, 0.1) is 0 Å². The summed E-state index contributed by atoms with van der Waals surface area (Å²) in [6.07, 6.45) is 0.834. The Labute approximate surface area is 122 Å². The number of aryl methyl sites for hydroxylation is 1. The maximum Gasteiger partial charge on any atom is 0.256 e. The monoisotopic (exact) mass is 286 g/mol. The van der Waals surface area contributed by atoms with Crippen molar-refractivity contribution in [2.45, 2.75) is 26.8 Å². The lowest BCUT2D eigenvalue weighted by Gasteiger charge is -2.05. The van der Waals surface area contributed by atoms with Crippen LogP contribution in [0.15, 0.2) is 30.3 Å². The highest BCUT2D eigenvalue weighted by molar-refractivity contribution is 6.03. The zero-order chi connectivity index (χ0) is 15.2. The average Bonchev–Trinajstić information content (AvgIpc) is 2.93. The van der Waals surface area contributed by atoms with Crippen molar-refractivity contribution in [1.29, 1.82) is 0 Å². The van der Waals surface area contributed by atoms with Gasteiger partial charge < -0.3 is 10.6 Å². The van der Waals surface area contributed by atoms with Crippen LogP contribution in [0.25, 0.3) is 0 Å². The standard InChI is InChI=1S/C15H18N4O2/c1-3-13-8-14(19-18-13)17-15(21)12-6-4-11(5-7-12)9-16-10(2)20/h4-8H,3,9H2,1-2H3,(H,16,20)(H2,17,18,19,21). The van der Waals surface area contributed by atoms with Crippen LogP contribution in [0.5, 0.6) is 0 Å². The summed E-state index contributed by atoms with van der Waals surface area (Å²) in [7, 11) is 0. The zero-order valence-corrected chi connectivity index (χ0v) is 12.1. The van der Waals surface area contributed by atoms with Gasteiger partial charge in [0.25, 0.3) is 5.91 Å². The Morgan fingerprint density at radius 3 is 2.52 bits per heavy atom. The minimum Gasteiger partial charge on any atom is -0.352 e. The predicted octanol–water partition coefficient (Wildman–Crippen LogP) is 1.86. The largest absolute Gasteiger partial charge is 0.352 e. The number of aromatic nitrogens is 2. The quantitative estimate of drug-likeness (QED) is 0.784. The number of benzene rings is 1. The van der Waals surface area contributed by atoms with Crippen LogP contribution >= 0.6 is 0 Å². The molecule has 0 saturated heterocycles. The first kappa shape index (κ1) is 14.8. The number of carbonyl (C=O) groups is 2. The Balaban J connectivity index is 1.97. The van der Waals surface area contributed by atoms with Crippen LogP contribution in [0.3, 0.4) is 0 Å². The second-order valence-corrected chi connectivity index (χ2v) is 4.69. The first-order valence-electron chi connectivity index (χ1n) is 6.77. The third kappa shape index (κ3) is 4.17. The summed E-state index contributed by atoms with van der Waals surface area (Å²) in [4.78, 5) is 22.9. The van der Waals surface area contributed by atoms with Gasteiger partial charge in [-0.25, -0.2) is 0 Å². The minimum absolute atomic E-state index is 0.0814. The molecule has 3 N–H and O–H groups in total. The van der Waals surface area contributed by atoms with Crippen molar-refractivity contribution in [3.05, 3.63) is 47.2 Å². The van der Waals surface area contributed by atoms with Gasteiger partial charge in [0.2, 0.25) is 5.91 Å². The minimum atomic E-state index is -0.213. The third-order valence-corrected chi connectivity index (χ3v) is 3.01. The molecule has 1 aromatic heterocycles. The Morgan fingerprint density at radius 2 is 1.95 bits per heavy atom. The van der Waals surface area contributed by atoms with Crippen LogP contribution in [-0.4, -0.2) is 22.0 Å². The van der Waals surface area contributed by atoms with Crippen molar-refractivity contribution in [1.82, 2.24) is 15.5 Å². The lowest BCUT2D eigenvalue weighted by Crippen LogP contribution is -2.19. The molecular formula is C15H18N4O2. The number of nitrogens with one attached hydrogen (secondary N) is 3. The smallest absolute Gasteiger partial charge is 0.256 e. The van der Waals surface area contributed by atoms with Gasteiger partial charge in [-0.2, -0.15) is 5.10 Å². The lowest BCUT2D eigenvalue weighted by molar-refractivity contribution is -0.119. The number of H-pyrrole nitrogens is 1. The molecule has 1 heterocycles. The van der Waals surface area contributed by atoms with Gasteiger partial charge in [-0.3, -0.25) is 14.7 Å². The third-order valence-electron chi connectivity index (χ3n) is 3.01. The van der Waals surface area contributed by atoms with E-state index in [-0.39, 0.29) is 11.8 Å². The van der Waals surface area contributed by atoms with Gasteiger partial charge in [0.15, 0.2) is 5.82 Å². The molecule has 21 heavy (non-hydrogen) atoms. The highest BCUT2D eigenvalue weighted by Crippen LogP contribution is 2.10. The van der Waals surface area contributed by atoms with E-state index in [4.69, 9.17) is 0 Å². The van der Waals surface area contributed by atoms with Crippen LogP contribution < -0.4 is 10.6 Å². The van der Waals surface area contributed by atoms with Gasteiger partial charge in [-0.15, -0.1) is 0 Å². The molecule has 0 atom stereocenters. The number of hydrogen-bond donors (Lipinski definition) is 3. The van der Waals surface area contributed by atoms with Gasteiger partial charge >= 0.3 is 0 Å². The molecule has 1 aromatic carbocycles. The highest BCUT2D eigenvalue weighted by atomic mass is 16.2. The molecule has 0 aliphatic rings. The normalized spacial score (nSPS) is 10.2. The number of nitrogens with zero attached hydrogens (tertiary/aromatic N) is 1. The van der Waals surface area contributed by atoms with Gasteiger partial charge in [-0.05, 0) is 24.1 Å². The van der Waals surface area contributed by atoms with Crippen molar-refractivity contribution >= 4 is 17.6 Å². The van der Waals surface area contributed by atoms with Crippen molar-refractivity contribution in [3.63, 3.8) is 0 Å². The van der Waals surface area contributed by atoms with Crippen molar-refractivity contribution in [2.75, 3.05) is 5.32 Å².